The zero-order valence-electron chi connectivity index (χ0n) is 17.3. The summed E-state index contributed by atoms with van der Waals surface area (Å²) in [4.78, 5) is 31.0. The predicted molar refractivity (Wildman–Crippen MR) is 113 cm³/mol. The smallest absolute Gasteiger partial charge is 0.270 e. The Morgan fingerprint density at radius 1 is 1.32 bits per heavy atom. The van der Waals surface area contributed by atoms with Gasteiger partial charge >= 0.3 is 0 Å². The van der Waals surface area contributed by atoms with E-state index in [4.69, 9.17) is 10.5 Å². The lowest BCUT2D eigenvalue weighted by Crippen LogP contribution is -2.62. The Hall–Kier alpha value is -3.45. The topological polar surface area (TPSA) is 115 Å². The molecule has 4 N–H and O–H groups in total. The number of carbonyl (C=O) groups excluding carboxylic acids is 2. The van der Waals surface area contributed by atoms with E-state index < -0.39 is 23.0 Å². The number of allylic oxidation sites excluding steroid dienone is 2. The van der Waals surface area contributed by atoms with Gasteiger partial charge in [0.25, 0.3) is 11.7 Å². The number of nitrogens with zero attached hydrogens (tertiary/aromatic N) is 1. The highest BCUT2D eigenvalue weighted by Crippen LogP contribution is 2.59. The molecule has 2 aromatic rings. The number of ketones is 1. The molecule has 0 bridgehead atoms. The molecule has 2 atom stereocenters. The summed E-state index contributed by atoms with van der Waals surface area (Å²) >= 11 is 0. The van der Waals surface area contributed by atoms with Crippen LogP contribution in [0.25, 0.3) is 0 Å². The number of aliphatic hydroxyl groups is 1. The van der Waals surface area contributed by atoms with Crippen molar-refractivity contribution in [1.82, 2.24) is 10.3 Å². The van der Waals surface area contributed by atoms with Crippen LogP contribution in [0.2, 0.25) is 0 Å². The molecule has 0 spiro atoms. The van der Waals surface area contributed by atoms with Crippen LogP contribution in [0.5, 0.6) is 5.75 Å². The summed E-state index contributed by atoms with van der Waals surface area (Å²) in [7, 11) is 0. The molecule has 2 heterocycles. The molecule has 31 heavy (non-hydrogen) atoms. The Morgan fingerprint density at radius 3 is 2.84 bits per heavy atom. The largest absolute Gasteiger partial charge is 0.454 e. The molecule has 7 nitrogen and oxygen atoms in total. The third-order valence-corrected chi connectivity index (χ3v) is 6.35. The number of aromatic nitrogens is 1. The van der Waals surface area contributed by atoms with Gasteiger partial charge in [0.15, 0.2) is 0 Å². The lowest BCUT2D eigenvalue weighted by molar-refractivity contribution is -0.152. The van der Waals surface area contributed by atoms with Crippen molar-refractivity contribution >= 4 is 11.7 Å². The molecule has 7 heteroatoms. The lowest BCUT2D eigenvalue weighted by Gasteiger charge is -2.34. The highest BCUT2D eigenvalue weighted by atomic mass is 16.6. The number of benzene rings is 1. The molecule has 1 saturated carbocycles. The van der Waals surface area contributed by atoms with E-state index in [1.165, 1.54) is 6.20 Å². The maximum absolute atomic E-state index is 13.9. The van der Waals surface area contributed by atoms with Crippen LogP contribution in [-0.4, -0.2) is 27.6 Å². The van der Waals surface area contributed by atoms with E-state index in [0.29, 0.717) is 35.4 Å². The van der Waals surface area contributed by atoms with E-state index in [9.17, 15) is 14.7 Å². The van der Waals surface area contributed by atoms with Gasteiger partial charge in [-0.05, 0) is 42.5 Å². The molecule has 5 rings (SSSR count). The van der Waals surface area contributed by atoms with E-state index in [-0.39, 0.29) is 17.1 Å². The first kappa shape index (κ1) is 19.5. The summed E-state index contributed by atoms with van der Waals surface area (Å²) in [6, 6.07) is 8.68. The molecular weight excluding hydrogens is 394 g/mol. The predicted octanol–water partition coefficient (Wildman–Crippen LogP) is 2.43. The molecule has 1 aromatic heterocycles. The second-order valence-electron chi connectivity index (χ2n) is 8.49. The maximum atomic E-state index is 13.9. The number of nitrogens with two attached hydrogens (primary N) is 1. The minimum atomic E-state index is -2.08. The number of fused-ring (bicyclic) bond motifs is 5. The summed E-state index contributed by atoms with van der Waals surface area (Å²) in [6.07, 6.45) is 5.81. The Bertz CT molecular complexity index is 1180. The summed E-state index contributed by atoms with van der Waals surface area (Å²) < 4.78 is 6.08. The number of Topliss-reactive ketones (excluding diaryl/α,β-unsaturated/α-hetero) is 1. The van der Waals surface area contributed by atoms with Gasteiger partial charge in [0.05, 0.1) is 5.56 Å². The SMILES string of the molecule is CC(C)c1ccc2c(c1)OC1(O)C3=CCCC(N)=C3C(=O)C21NC(=O)c1cccnc1. The molecule has 2 aliphatic carbocycles. The maximum Gasteiger partial charge on any atom is 0.270 e. The number of pyridine rings is 1. The van der Waals surface area contributed by atoms with E-state index in [2.05, 4.69) is 10.3 Å². The number of nitrogens with one attached hydrogen (secondary N) is 1. The van der Waals surface area contributed by atoms with Gasteiger partial charge in [-0.3, -0.25) is 14.6 Å². The van der Waals surface area contributed by atoms with Crippen molar-refractivity contribution in [2.45, 2.75) is 43.9 Å². The van der Waals surface area contributed by atoms with Crippen LogP contribution in [-0.2, 0) is 10.3 Å². The number of rotatable bonds is 3. The molecular formula is C24H23N3O4. The molecule has 1 aliphatic heterocycles. The third-order valence-electron chi connectivity index (χ3n) is 6.35. The van der Waals surface area contributed by atoms with Crippen LogP contribution in [0.4, 0.5) is 0 Å². The Morgan fingerprint density at radius 2 is 2.13 bits per heavy atom. The molecule has 1 fully saturated rings. The van der Waals surface area contributed by atoms with Crippen molar-refractivity contribution in [3.8, 4) is 5.75 Å². The van der Waals surface area contributed by atoms with Crippen LogP contribution in [0.3, 0.4) is 0 Å². The van der Waals surface area contributed by atoms with Crippen molar-refractivity contribution in [2.24, 2.45) is 5.73 Å². The Balaban J connectivity index is 1.74. The van der Waals surface area contributed by atoms with Crippen molar-refractivity contribution < 1.29 is 19.4 Å². The number of ether oxygens (including phenoxy) is 1. The molecule has 158 valence electrons. The molecule has 0 radical (unpaired) electrons. The summed E-state index contributed by atoms with van der Waals surface area (Å²) in [5, 5.41) is 14.7. The number of amides is 1. The molecule has 0 saturated heterocycles. The van der Waals surface area contributed by atoms with Crippen LogP contribution in [0, 0.1) is 0 Å². The number of hydrogen-bond donors (Lipinski definition) is 3. The summed E-state index contributed by atoms with van der Waals surface area (Å²) in [5.74, 6) is -2.49. The van der Waals surface area contributed by atoms with Gasteiger partial charge in [0, 0.05) is 34.8 Å². The van der Waals surface area contributed by atoms with Gasteiger partial charge < -0.3 is 20.9 Å². The fraction of sp³-hybridized carbons (Fsp3) is 0.292. The van der Waals surface area contributed by atoms with Crippen LogP contribution < -0.4 is 15.8 Å². The zero-order chi connectivity index (χ0) is 22.0. The highest BCUT2D eigenvalue weighted by Gasteiger charge is 2.73. The van der Waals surface area contributed by atoms with Crippen LogP contribution in [0.15, 0.2) is 65.6 Å². The van der Waals surface area contributed by atoms with E-state index in [1.54, 1.807) is 30.5 Å². The standard InChI is InChI=1S/C24H23N3O4/c1-13(2)14-8-9-16-19(11-14)31-24(30)17-6-3-7-18(25)20(17)21(28)23(16,24)27-22(29)15-5-4-10-26-12-15/h4-6,8-13,30H,3,7,25H2,1-2H3,(H,27,29). The second-order valence-corrected chi connectivity index (χ2v) is 8.49. The Kier molecular flexibility index (Phi) is 4.10. The number of carbonyl (C=O) groups is 2. The average molecular weight is 417 g/mol. The monoisotopic (exact) mass is 417 g/mol. The summed E-state index contributed by atoms with van der Waals surface area (Å²) in [5.41, 5.74) is 6.98. The molecule has 1 amide bonds. The first-order chi connectivity index (χ1) is 14.8. The fourth-order valence-electron chi connectivity index (χ4n) is 4.73. The van der Waals surface area contributed by atoms with Gasteiger partial charge in [0.1, 0.15) is 5.75 Å². The normalized spacial score (nSPS) is 26.2. The number of hydrogen-bond acceptors (Lipinski definition) is 6. The van der Waals surface area contributed by atoms with Crippen molar-refractivity contribution in [3.05, 3.63) is 82.3 Å². The van der Waals surface area contributed by atoms with E-state index >= 15 is 0 Å². The average Bonchev–Trinajstić information content (AvgIpc) is 3.12. The van der Waals surface area contributed by atoms with Gasteiger partial charge in [-0.25, -0.2) is 0 Å². The first-order valence-electron chi connectivity index (χ1n) is 10.3. The minimum Gasteiger partial charge on any atom is -0.454 e. The quantitative estimate of drug-likeness (QED) is 0.707. The third kappa shape index (κ3) is 2.47. The molecule has 1 aromatic carbocycles. The van der Waals surface area contributed by atoms with Gasteiger partial charge in [0.2, 0.25) is 11.3 Å². The molecule has 2 unspecified atom stereocenters. The van der Waals surface area contributed by atoms with Crippen molar-refractivity contribution in [2.75, 3.05) is 0 Å². The van der Waals surface area contributed by atoms with Crippen LogP contribution >= 0.6 is 0 Å². The summed E-state index contributed by atoms with van der Waals surface area (Å²) in [6.45, 7) is 4.09. The van der Waals surface area contributed by atoms with Gasteiger partial charge in [-0.1, -0.05) is 32.1 Å². The van der Waals surface area contributed by atoms with Gasteiger partial charge in [-0.15, -0.1) is 0 Å². The first-order valence-corrected chi connectivity index (χ1v) is 10.3. The minimum absolute atomic E-state index is 0.223. The van der Waals surface area contributed by atoms with Crippen molar-refractivity contribution in [1.29, 1.82) is 0 Å². The van der Waals surface area contributed by atoms with E-state index in [1.807, 2.05) is 26.0 Å². The molecule has 3 aliphatic rings. The highest BCUT2D eigenvalue weighted by molar-refractivity contribution is 6.16. The van der Waals surface area contributed by atoms with Crippen molar-refractivity contribution in [3.63, 3.8) is 0 Å². The van der Waals surface area contributed by atoms with Gasteiger partial charge in [-0.2, -0.15) is 0 Å². The fourth-order valence-corrected chi connectivity index (χ4v) is 4.73. The second kappa shape index (κ2) is 6.52. The lowest BCUT2D eigenvalue weighted by atomic mass is 9.82. The zero-order valence-corrected chi connectivity index (χ0v) is 17.3. The van der Waals surface area contributed by atoms with E-state index in [0.717, 1.165) is 5.56 Å². The Labute approximate surface area is 179 Å². The van der Waals surface area contributed by atoms with Crippen LogP contribution in [0.1, 0.15) is 54.1 Å².